The Morgan fingerprint density at radius 1 is 1.23 bits per heavy atom. The number of pyridine rings is 1. The molecule has 0 radical (unpaired) electrons. The van der Waals surface area contributed by atoms with E-state index in [-0.39, 0.29) is 12.0 Å². The quantitative estimate of drug-likeness (QED) is 0.554. The molecule has 2 unspecified atom stereocenters. The van der Waals surface area contributed by atoms with Crippen molar-refractivity contribution in [3.63, 3.8) is 0 Å². The van der Waals surface area contributed by atoms with Gasteiger partial charge in [0.15, 0.2) is 5.96 Å². The Morgan fingerprint density at radius 2 is 2.00 bits per heavy atom. The first-order valence-electron chi connectivity index (χ1n) is 10.2. The molecular weight excluding hydrogens is 391 g/mol. The lowest BCUT2D eigenvalue weighted by Gasteiger charge is -2.39. The molecule has 8 heteroatoms. The van der Waals surface area contributed by atoms with Crippen LogP contribution in [0, 0.1) is 5.92 Å². The molecule has 30 heavy (non-hydrogen) atoms. The van der Waals surface area contributed by atoms with Crippen LogP contribution < -0.4 is 11.1 Å². The molecule has 1 aliphatic rings. The van der Waals surface area contributed by atoms with Crippen LogP contribution in [0.5, 0.6) is 0 Å². The van der Waals surface area contributed by atoms with Gasteiger partial charge in [0, 0.05) is 37.4 Å². The maximum atomic E-state index is 12.9. The molecule has 5 nitrogen and oxygen atoms in total. The molecule has 162 valence electrons. The first-order valence-corrected chi connectivity index (χ1v) is 10.2. The van der Waals surface area contributed by atoms with Crippen molar-refractivity contribution < 1.29 is 13.2 Å². The van der Waals surface area contributed by atoms with Gasteiger partial charge >= 0.3 is 6.18 Å². The van der Waals surface area contributed by atoms with Crippen LogP contribution >= 0.6 is 0 Å². The minimum atomic E-state index is -4.32. The Balaban J connectivity index is 1.60. The molecule has 2 heterocycles. The van der Waals surface area contributed by atoms with Gasteiger partial charge in [0.25, 0.3) is 0 Å². The number of hydrogen-bond donors (Lipinski definition) is 2. The van der Waals surface area contributed by atoms with E-state index >= 15 is 0 Å². The second kappa shape index (κ2) is 9.93. The fraction of sp³-hybridized carbons (Fsp3) is 0.455. The van der Waals surface area contributed by atoms with Gasteiger partial charge in [-0.25, -0.2) is 0 Å². The van der Waals surface area contributed by atoms with Crippen LogP contribution in [0.15, 0.2) is 53.7 Å². The SMILES string of the molecule is CN1CCCC(CN=C(N)NCCc2ccccn2)C1c1ccc(C(F)(F)F)cc1. The predicted molar refractivity (Wildman–Crippen MR) is 112 cm³/mol. The lowest BCUT2D eigenvalue weighted by Crippen LogP contribution is -2.39. The topological polar surface area (TPSA) is 66.5 Å². The van der Waals surface area contributed by atoms with E-state index in [1.165, 1.54) is 0 Å². The van der Waals surface area contributed by atoms with Gasteiger partial charge in [0.1, 0.15) is 0 Å². The van der Waals surface area contributed by atoms with Crippen molar-refractivity contribution in [2.24, 2.45) is 16.6 Å². The number of benzene rings is 1. The monoisotopic (exact) mass is 419 g/mol. The molecule has 1 aromatic carbocycles. The number of piperidine rings is 1. The van der Waals surface area contributed by atoms with E-state index in [0.29, 0.717) is 19.0 Å². The number of nitrogens with zero attached hydrogens (tertiary/aromatic N) is 3. The molecular formula is C22H28F3N5. The molecule has 1 fully saturated rings. The predicted octanol–water partition coefficient (Wildman–Crippen LogP) is 3.63. The minimum Gasteiger partial charge on any atom is -0.370 e. The average Bonchev–Trinajstić information content (AvgIpc) is 2.72. The number of nitrogens with one attached hydrogen (secondary N) is 1. The smallest absolute Gasteiger partial charge is 0.370 e. The minimum absolute atomic E-state index is 0.0195. The van der Waals surface area contributed by atoms with E-state index in [2.05, 4.69) is 20.2 Å². The van der Waals surface area contributed by atoms with Crippen molar-refractivity contribution in [3.05, 3.63) is 65.5 Å². The number of rotatable bonds is 6. The van der Waals surface area contributed by atoms with E-state index in [1.807, 2.05) is 25.2 Å². The zero-order valence-electron chi connectivity index (χ0n) is 17.1. The largest absolute Gasteiger partial charge is 0.416 e. The third-order valence-corrected chi connectivity index (χ3v) is 5.50. The van der Waals surface area contributed by atoms with Crippen molar-refractivity contribution in [3.8, 4) is 0 Å². The second-order valence-corrected chi connectivity index (χ2v) is 7.67. The zero-order chi connectivity index (χ0) is 21.6. The Kier molecular flexibility index (Phi) is 7.31. The highest BCUT2D eigenvalue weighted by molar-refractivity contribution is 5.77. The molecule has 2 aromatic rings. The van der Waals surface area contributed by atoms with Gasteiger partial charge < -0.3 is 11.1 Å². The third kappa shape index (κ3) is 5.95. The molecule has 3 N–H and O–H groups in total. The number of aliphatic imine (C=N–C) groups is 1. The van der Waals surface area contributed by atoms with Crippen LogP contribution in [-0.2, 0) is 12.6 Å². The number of hydrogen-bond acceptors (Lipinski definition) is 3. The highest BCUT2D eigenvalue weighted by atomic mass is 19.4. The Hall–Kier alpha value is -2.61. The van der Waals surface area contributed by atoms with Crippen LogP contribution in [0.4, 0.5) is 13.2 Å². The van der Waals surface area contributed by atoms with Crippen molar-refractivity contribution >= 4 is 5.96 Å². The molecule has 0 bridgehead atoms. The molecule has 0 amide bonds. The number of halogens is 3. The summed E-state index contributed by atoms with van der Waals surface area (Å²) < 4.78 is 38.6. The molecule has 1 aliphatic heterocycles. The van der Waals surface area contributed by atoms with Gasteiger partial charge in [0.2, 0.25) is 0 Å². The van der Waals surface area contributed by atoms with Crippen LogP contribution in [0.1, 0.15) is 35.7 Å². The summed E-state index contributed by atoms with van der Waals surface area (Å²) >= 11 is 0. The highest BCUT2D eigenvalue weighted by Gasteiger charge is 2.33. The maximum Gasteiger partial charge on any atom is 0.416 e. The van der Waals surface area contributed by atoms with Gasteiger partial charge in [0.05, 0.1) is 5.56 Å². The zero-order valence-corrected chi connectivity index (χ0v) is 17.1. The standard InChI is InChI=1S/C22H28F3N5/c1-30-14-4-5-17(20(30)16-7-9-18(10-8-16)22(23,24)25)15-29-21(26)28-13-11-19-6-2-3-12-27-19/h2-3,6-10,12,17,20H,4-5,11,13-15H2,1H3,(H3,26,28,29). The van der Waals surface area contributed by atoms with E-state index in [9.17, 15) is 13.2 Å². The van der Waals surface area contributed by atoms with E-state index in [0.717, 1.165) is 49.2 Å². The number of aromatic nitrogens is 1. The lowest BCUT2D eigenvalue weighted by atomic mass is 9.84. The lowest BCUT2D eigenvalue weighted by molar-refractivity contribution is -0.137. The first kappa shape index (κ1) is 22.1. The molecule has 0 spiro atoms. The van der Waals surface area contributed by atoms with E-state index < -0.39 is 11.7 Å². The molecule has 1 saturated heterocycles. The highest BCUT2D eigenvalue weighted by Crippen LogP contribution is 2.37. The number of likely N-dealkylation sites (tertiary alicyclic amines) is 1. The summed E-state index contributed by atoms with van der Waals surface area (Å²) in [6.45, 7) is 2.07. The van der Waals surface area contributed by atoms with E-state index in [4.69, 9.17) is 5.73 Å². The van der Waals surface area contributed by atoms with Gasteiger partial charge in [-0.2, -0.15) is 13.2 Å². The summed E-state index contributed by atoms with van der Waals surface area (Å²) in [5.74, 6) is 0.571. The average molecular weight is 419 g/mol. The van der Waals surface area contributed by atoms with Gasteiger partial charge in [-0.3, -0.25) is 14.9 Å². The van der Waals surface area contributed by atoms with E-state index in [1.54, 1.807) is 18.3 Å². The number of guanidine groups is 1. The molecule has 0 saturated carbocycles. The van der Waals surface area contributed by atoms with Crippen molar-refractivity contribution in [1.82, 2.24) is 15.2 Å². The Morgan fingerprint density at radius 3 is 2.67 bits per heavy atom. The number of alkyl halides is 3. The van der Waals surface area contributed by atoms with Gasteiger partial charge in [-0.05, 0) is 62.2 Å². The summed E-state index contributed by atoms with van der Waals surface area (Å²) in [4.78, 5) is 11.0. The Bertz CT molecular complexity index is 821. The van der Waals surface area contributed by atoms with Crippen LogP contribution in [0.25, 0.3) is 0 Å². The summed E-state index contributed by atoms with van der Waals surface area (Å²) in [6.07, 6.45) is 0.169. The maximum absolute atomic E-state index is 12.9. The van der Waals surface area contributed by atoms with Crippen molar-refractivity contribution in [2.45, 2.75) is 31.5 Å². The van der Waals surface area contributed by atoms with Crippen molar-refractivity contribution in [2.75, 3.05) is 26.7 Å². The normalized spacial score (nSPS) is 20.9. The molecule has 2 atom stereocenters. The summed E-state index contributed by atoms with van der Waals surface area (Å²) in [6, 6.07) is 11.3. The molecule has 0 aliphatic carbocycles. The third-order valence-electron chi connectivity index (χ3n) is 5.50. The summed E-state index contributed by atoms with van der Waals surface area (Å²) in [7, 11) is 2.01. The number of nitrogens with two attached hydrogens (primary N) is 1. The van der Waals surface area contributed by atoms with Gasteiger partial charge in [-0.1, -0.05) is 18.2 Å². The first-order chi connectivity index (χ1) is 14.3. The molecule has 3 rings (SSSR count). The van der Waals surface area contributed by atoms with Crippen molar-refractivity contribution in [1.29, 1.82) is 0 Å². The summed E-state index contributed by atoms with van der Waals surface area (Å²) in [5, 5.41) is 3.11. The van der Waals surface area contributed by atoms with Crippen LogP contribution in [-0.4, -0.2) is 42.5 Å². The second-order valence-electron chi connectivity index (χ2n) is 7.67. The van der Waals surface area contributed by atoms with Gasteiger partial charge in [-0.15, -0.1) is 0 Å². The molecule has 1 aromatic heterocycles. The van der Waals surface area contributed by atoms with Crippen LogP contribution in [0.2, 0.25) is 0 Å². The fourth-order valence-electron chi connectivity index (χ4n) is 3.98. The van der Waals surface area contributed by atoms with Crippen LogP contribution in [0.3, 0.4) is 0 Å². The summed E-state index contributed by atoms with van der Waals surface area (Å²) in [5.41, 5.74) is 7.26. The fourth-order valence-corrected chi connectivity index (χ4v) is 3.98. The Labute approximate surface area is 175 Å².